The van der Waals surface area contributed by atoms with Gasteiger partial charge < -0.3 is 10.3 Å². The molecule has 5 nitrogen and oxygen atoms in total. The molecule has 3 N–H and O–H groups in total. The van der Waals surface area contributed by atoms with E-state index in [9.17, 15) is 0 Å². The summed E-state index contributed by atoms with van der Waals surface area (Å²) in [6.07, 6.45) is 3.52. The van der Waals surface area contributed by atoms with E-state index < -0.39 is 0 Å². The summed E-state index contributed by atoms with van der Waals surface area (Å²) in [5, 5.41) is 0. The van der Waals surface area contributed by atoms with Crippen molar-refractivity contribution in [2.24, 2.45) is 5.84 Å². The number of hydrazine groups is 1. The van der Waals surface area contributed by atoms with Gasteiger partial charge in [-0.05, 0) is 43.0 Å². The van der Waals surface area contributed by atoms with E-state index in [1.54, 1.807) is 0 Å². The third-order valence-electron chi connectivity index (χ3n) is 4.35. The van der Waals surface area contributed by atoms with Crippen LogP contribution in [-0.2, 0) is 6.42 Å². The molecule has 2 aliphatic rings. The summed E-state index contributed by atoms with van der Waals surface area (Å²) in [5.74, 6) is 7.59. The van der Waals surface area contributed by atoms with Crippen molar-refractivity contribution < 1.29 is 0 Å². The van der Waals surface area contributed by atoms with Crippen molar-refractivity contribution in [3.05, 3.63) is 35.5 Å². The average molecular weight is 281 g/mol. The van der Waals surface area contributed by atoms with Crippen LogP contribution in [0.25, 0.3) is 11.4 Å². The normalized spacial score (nSPS) is 17.0. The van der Waals surface area contributed by atoms with E-state index in [1.165, 1.54) is 24.1 Å². The van der Waals surface area contributed by atoms with Gasteiger partial charge in [-0.15, -0.1) is 0 Å². The first kappa shape index (κ1) is 12.6. The van der Waals surface area contributed by atoms with Crippen LogP contribution in [0.3, 0.4) is 0 Å². The van der Waals surface area contributed by atoms with Crippen LogP contribution in [0.15, 0.2) is 24.3 Å². The van der Waals surface area contributed by atoms with Gasteiger partial charge in [0.15, 0.2) is 5.82 Å². The Labute approximate surface area is 124 Å². The number of likely N-dealkylation sites (N-methyl/N-ethyl adjacent to an activating group) is 1. The zero-order valence-corrected chi connectivity index (χ0v) is 12.1. The molecular formula is C16H19N5. The molecule has 0 unspecified atom stereocenters. The molecule has 1 saturated carbocycles. The van der Waals surface area contributed by atoms with Crippen molar-refractivity contribution in [2.45, 2.75) is 25.2 Å². The number of anilines is 2. The Kier molecular flexibility index (Phi) is 2.82. The Morgan fingerprint density at radius 2 is 2.10 bits per heavy atom. The summed E-state index contributed by atoms with van der Waals surface area (Å²) in [6, 6.07) is 8.45. The Hall–Kier alpha value is -2.14. The fourth-order valence-corrected chi connectivity index (χ4v) is 2.96. The zero-order valence-electron chi connectivity index (χ0n) is 12.1. The Morgan fingerprint density at radius 1 is 1.24 bits per heavy atom. The second-order valence-corrected chi connectivity index (χ2v) is 5.94. The molecule has 5 heteroatoms. The molecule has 4 rings (SSSR count). The standard InChI is InChI=1S/C16H19N5/c1-21-7-6-11-8-12(4-5-14(11)21)16-18-13(10-2-3-10)9-15(19-16)20-17/h4-5,8-10H,2-3,6-7,17H2,1H3,(H,18,19,20). The molecule has 1 aliphatic carbocycles. The molecule has 1 aromatic heterocycles. The maximum Gasteiger partial charge on any atom is 0.161 e. The van der Waals surface area contributed by atoms with Gasteiger partial charge in [0.05, 0.1) is 0 Å². The van der Waals surface area contributed by atoms with Gasteiger partial charge in [0, 0.05) is 42.5 Å². The zero-order chi connectivity index (χ0) is 14.4. The fraction of sp³-hybridized carbons (Fsp3) is 0.375. The lowest BCUT2D eigenvalue weighted by Gasteiger charge is -2.12. The van der Waals surface area contributed by atoms with E-state index in [2.05, 4.69) is 40.6 Å². The van der Waals surface area contributed by atoms with Crippen LogP contribution < -0.4 is 16.2 Å². The number of rotatable bonds is 3. The molecule has 1 aliphatic heterocycles. The maximum absolute atomic E-state index is 5.55. The number of nitrogens with zero attached hydrogens (tertiary/aromatic N) is 3. The molecule has 1 fully saturated rings. The SMILES string of the molecule is CN1CCc2cc(-c3nc(NN)cc(C4CC4)n3)ccc21. The number of hydrogen-bond donors (Lipinski definition) is 2. The minimum absolute atomic E-state index is 0.583. The summed E-state index contributed by atoms with van der Waals surface area (Å²) in [5.41, 5.74) is 7.52. The first-order chi connectivity index (χ1) is 10.2. The van der Waals surface area contributed by atoms with E-state index in [4.69, 9.17) is 10.8 Å². The molecule has 0 saturated heterocycles. The second-order valence-electron chi connectivity index (χ2n) is 5.94. The molecule has 108 valence electrons. The summed E-state index contributed by atoms with van der Waals surface area (Å²) < 4.78 is 0. The lowest BCUT2D eigenvalue weighted by molar-refractivity contribution is 0.956. The van der Waals surface area contributed by atoms with Crippen molar-refractivity contribution in [3.8, 4) is 11.4 Å². The number of nitrogen functional groups attached to an aromatic ring is 1. The molecule has 2 aromatic rings. The van der Waals surface area contributed by atoms with Crippen molar-refractivity contribution in [2.75, 3.05) is 23.9 Å². The Bertz CT molecular complexity index is 693. The van der Waals surface area contributed by atoms with E-state index >= 15 is 0 Å². The minimum atomic E-state index is 0.583. The van der Waals surface area contributed by atoms with E-state index in [0.717, 1.165) is 30.0 Å². The molecule has 0 spiro atoms. The molecule has 21 heavy (non-hydrogen) atoms. The van der Waals surface area contributed by atoms with Gasteiger partial charge in [-0.25, -0.2) is 15.8 Å². The van der Waals surface area contributed by atoms with E-state index in [0.29, 0.717) is 11.7 Å². The first-order valence-electron chi connectivity index (χ1n) is 7.44. The predicted octanol–water partition coefficient (Wildman–Crippen LogP) is 2.30. The summed E-state index contributed by atoms with van der Waals surface area (Å²) in [4.78, 5) is 11.5. The van der Waals surface area contributed by atoms with Gasteiger partial charge in [-0.2, -0.15) is 0 Å². The number of nitrogens with one attached hydrogen (secondary N) is 1. The Morgan fingerprint density at radius 3 is 2.86 bits per heavy atom. The average Bonchev–Trinajstić information content (AvgIpc) is 3.31. The first-order valence-corrected chi connectivity index (χ1v) is 7.44. The summed E-state index contributed by atoms with van der Waals surface area (Å²) >= 11 is 0. The highest BCUT2D eigenvalue weighted by Crippen LogP contribution is 2.40. The number of aromatic nitrogens is 2. The minimum Gasteiger partial charge on any atom is -0.374 e. The van der Waals surface area contributed by atoms with Gasteiger partial charge >= 0.3 is 0 Å². The van der Waals surface area contributed by atoms with Crippen LogP contribution >= 0.6 is 0 Å². The van der Waals surface area contributed by atoms with Crippen LogP contribution in [-0.4, -0.2) is 23.6 Å². The molecule has 1 aromatic carbocycles. The molecule has 2 heterocycles. The van der Waals surface area contributed by atoms with Crippen molar-refractivity contribution in [1.82, 2.24) is 9.97 Å². The summed E-state index contributed by atoms with van der Waals surface area (Å²) in [6.45, 7) is 1.08. The third kappa shape index (κ3) is 2.23. The van der Waals surface area contributed by atoms with Crippen LogP contribution in [0, 0.1) is 0 Å². The topological polar surface area (TPSA) is 67.1 Å². The van der Waals surface area contributed by atoms with Crippen LogP contribution in [0.2, 0.25) is 0 Å². The molecule has 0 amide bonds. The van der Waals surface area contributed by atoms with Crippen molar-refractivity contribution >= 4 is 11.5 Å². The van der Waals surface area contributed by atoms with Gasteiger partial charge in [-0.3, -0.25) is 0 Å². The molecule has 0 bridgehead atoms. The van der Waals surface area contributed by atoms with Gasteiger partial charge in [-0.1, -0.05) is 0 Å². The van der Waals surface area contributed by atoms with Gasteiger partial charge in [0.1, 0.15) is 5.82 Å². The lowest BCUT2D eigenvalue weighted by atomic mass is 10.1. The molecule has 0 atom stereocenters. The predicted molar refractivity (Wildman–Crippen MR) is 84.2 cm³/mol. The highest BCUT2D eigenvalue weighted by molar-refractivity contribution is 5.67. The van der Waals surface area contributed by atoms with Crippen molar-refractivity contribution in [1.29, 1.82) is 0 Å². The summed E-state index contributed by atoms with van der Waals surface area (Å²) in [7, 11) is 2.13. The van der Waals surface area contributed by atoms with E-state index in [1.807, 2.05) is 6.07 Å². The monoisotopic (exact) mass is 281 g/mol. The molecule has 0 radical (unpaired) electrons. The molecular weight excluding hydrogens is 262 g/mol. The number of hydrogen-bond acceptors (Lipinski definition) is 5. The number of fused-ring (bicyclic) bond motifs is 1. The van der Waals surface area contributed by atoms with Crippen LogP contribution in [0.1, 0.15) is 30.0 Å². The maximum atomic E-state index is 5.55. The quantitative estimate of drug-likeness (QED) is 0.667. The number of nitrogens with two attached hydrogens (primary N) is 1. The highest BCUT2D eigenvalue weighted by Gasteiger charge is 2.26. The third-order valence-corrected chi connectivity index (χ3v) is 4.35. The number of benzene rings is 1. The van der Waals surface area contributed by atoms with Gasteiger partial charge in [0.2, 0.25) is 0 Å². The second kappa shape index (κ2) is 4.70. The van der Waals surface area contributed by atoms with Gasteiger partial charge in [0.25, 0.3) is 0 Å². The highest BCUT2D eigenvalue weighted by atomic mass is 15.3. The Balaban J connectivity index is 1.77. The smallest absolute Gasteiger partial charge is 0.161 e. The van der Waals surface area contributed by atoms with Crippen LogP contribution in [0.4, 0.5) is 11.5 Å². The lowest BCUT2D eigenvalue weighted by Crippen LogP contribution is -2.12. The largest absolute Gasteiger partial charge is 0.374 e. The van der Waals surface area contributed by atoms with Crippen molar-refractivity contribution in [3.63, 3.8) is 0 Å². The van der Waals surface area contributed by atoms with Crippen LogP contribution in [0.5, 0.6) is 0 Å². The van der Waals surface area contributed by atoms with E-state index in [-0.39, 0.29) is 0 Å². The fourth-order valence-electron chi connectivity index (χ4n) is 2.96.